The van der Waals surface area contributed by atoms with Crippen molar-refractivity contribution in [3.05, 3.63) is 58.8 Å². The van der Waals surface area contributed by atoms with E-state index in [1.807, 2.05) is 44.2 Å². The Morgan fingerprint density at radius 3 is 2.42 bits per heavy atom. The molecule has 178 valence electrons. The van der Waals surface area contributed by atoms with Crippen LogP contribution in [-0.2, 0) is 11.0 Å². The number of hydrogen-bond donors (Lipinski definition) is 1. The molecule has 8 heteroatoms. The molecule has 1 fully saturated rings. The van der Waals surface area contributed by atoms with Crippen LogP contribution in [0.4, 0.5) is 13.2 Å². The number of carbonyl (C=O) groups is 1. The van der Waals surface area contributed by atoms with Crippen molar-refractivity contribution >= 4 is 11.6 Å². The molecule has 1 saturated carbocycles. The summed E-state index contributed by atoms with van der Waals surface area (Å²) in [6.07, 6.45) is -2.95. The van der Waals surface area contributed by atoms with E-state index in [-0.39, 0.29) is 35.0 Å². The molecule has 5 nitrogen and oxygen atoms in total. The summed E-state index contributed by atoms with van der Waals surface area (Å²) in [6, 6.07) is 10.00. The Morgan fingerprint density at radius 1 is 1.21 bits per heavy atom. The van der Waals surface area contributed by atoms with Crippen LogP contribution < -0.4 is 10.1 Å². The van der Waals surface area contributed by atoms with Crippen molar-refractivity contribution < 1.29 is 22.7 Å². The van der Waals surface area contributed by atoms with Crippen molar-refractivity contribution in [3.63, 3.8) is 0 Å². The summed E-state index contributed by atoms with van der Waals surface area (Å²) in [5, 5.41) is 2.79. The van der Waals surface area contributed by atoms with Gasteiger partial charge in [0.2, 0.25) is 5.88 Å². The second-order valence-corrected chi connectivity index (χ2v) is 8.54. The van der Waals surface area contributed by atoms with Crippen LogP contribution in [0.25, 0.3) is 0 Å². The summed E-state index contributed by atoms with van der Waals surface area (Å²) in [6.45, 7) is 7.19. The van der Waals surface area contributed by atoms with Crippen molar-refractivity contribution in [2.24, 2.45) is 10.9 Å². The monoisotopic (exact) mass is 461 g/mol. The van der Waals surface area contributed by atoms with Crippen LogP contribution in [0.1, 0.15) is 74.9 Å². The highest BCUT2D eigenvalue weighted by Gasteiger charge is 2.41. The van der Waals surface area contributed by atoms with Gasteiger partial charge in [-0.25, -0.2) is 4.98 Å². The molecule has 0 bridgehead atoms. The lowest BCUT2D eigenvalue weighted by Gasteiger charge is -2.21. The van der Waals surface area contributed by atoms with Crippen LogP contribution in [0.5, 0.6) is 5.88 Å². The van der Waals surface area contributed by atoms with Gasteiger partial charge < -0.3 is 10.1 Å². The first-order valence-corrected chi connectivity index (χ1v) is 11.3. The predicted octanol–water partition coefficient (Wildman–Crippen LogP) is 5.70. The number of ether oxygens (including phenoxy) is 1. The molecular weight excluding hydrogens is 431 g/mol. The topological polar surface area (TPSA) is 63.6 Å². The summed E-state index contributed by atoms with van der Waals surface area (Å²) in [7, 11) is 0. The van der Waals surface area contributed by atoms with E-state index < -0.39 is 24.3 Å². The fourth-order valence-electron chi connectivity index (χ4n) is 3.71. The molecule has 1 aromatic carbocycles. The van der Waals surface area contributed by atoms with Crippen molar-refractivity contribution in [1.29, 1.82) is 0 Å². The normalized spacial score (nSPS) is 15.5. The van der Waals surface area contributed by atoms with Crippen LogP contribution in [0, 0.1) is 5.92 Å². The molecule has 1 unspecified atom stereocenters. The van der Waals surface area contributed by atoms with Crippen molar-refractivity contribution in [3.8, 4) is 5.88 Å². The third kappa shape index (κ3) is 6.33. The second kappa shape index (κ2) is 10.4. The molecule has 2 aromatic rings. The summed E-state index contributed by atoms with van der Waals surface area (Å²) in [4.78, 5) is 21.2. The number of nitrogens with one attached hydrogen (secondary N) is 1. The molecule has 1 N–H and O–H groups in total. The van der Waals surface area contributed by atoms with Gasteiger partial charge in [-0.3, -0.25) is 9.79 Å². The van der Waals surface area contributed by atoms with Gasteiger partial charge in [0, 0.05) is 29.8 Å². The van der Waals surface area contributed by atoms with E-state index in [9.17, 15) is 18.0 Å². The Morgan fingerprint density at radius 2 is 1.88 bits per heavy atom. The Kier molecular flexibility index (Phi) is 7.76. The minimum Gasteiger partial charge on any atom is -0.468 e. The lowest BCUT2D eigenvalue weighted by Crippen LogP contribution is -2.31. The van der Waals surface area contributed by atoms with E-state index in [1.54, 1.807) is 13.8 Å². The van der Waals surface area contributed by atoms with E-state index in [2.05, 4.69) is 15.3 Å². The number of halogens is 3. The minimum absolute atomic E-state index is 0.0300. The zero-order valence-corrected chi connectivity index (χ0v) is 19.4. The fraction of sp³-hybridized carbons (Fsp3) is 0.480. The summed E-state index contributed by atoms with van der Waals surface area (Å²) >= 11 is 0. The maximum Gasteiger partial charge on any atom is 0.417 e. The van der Waals surface area contributed by atoms with E-state index >= 15 is 0 Å². The van der Waals surface area contributed by atoms with Gasteiger partial charge in [-0.1, -0.05) is 44.2 Å². The van der Waals surface area contributed by atoms with Gasteiger partial charge in [-0.15, -0.1) is 0 Å². The number of carbonyl (C=O) groups excluding carboxylic acids is 1. The van der Waals surface area contributed by atoms with E-state index in [1.165, 1.54) is 0 Å². The highest BCUT2D eigenvalue weighted by atomic mass is 19.4. The average Bonchev–Trinajstić information content (AvgIpc) is 3.60. The molecule has 0 radical (unpaired) electrons. The van der Waals surface area contributed by atoms with Gasteiger partial charge in [0.1, 0.15) is 0 Å². The van der Waals surface area contributed by atoms with Gasteiger partial charge in [0.25, 0.3) is 5.91 Å². The zero-order chi connectivity index (χ0) is 24.2. The first-order valence-electron chi connectivity index (χ1n) is 11.3. The number of aliphatic imine (C=N–C) groups is 1. The molecule has 1 aromatic heterocycles. The molecule has 1 aliphatic rings. The number of benzene rings is 1. The fourth-order valence-corrected chi connectivity index (χ4v) is 3.71. The second-order valence-electron chi connectivity index (χ2n) is 8.54. The number of rotatable bonds is 9. The molecule has 3 rings (SSSR count). The summed E-state index contributed by atoms with van der Waals surface area (Å²) < 4.78 is 47.7. The van der Waals surface area contributed by atoms with Gasteiger partial charge in [-0.05, 0) is 38.2 Å². The van der Waals surface area contributed by atoms with Crippen LogP contribution in [0.3, 0.4) is 0 Å². The molecular formula is C25H30F3N3O2. The van der Waals surface area contributed by atoms with Crippen LogP contribution >= 0.6 is 0 Å². The van der Waals surface area contributed by atoms with E-state index in [0.29, 0.717) is 12.3 Å². The largest absolute Gasteiger partial charge is 0.468 e. The minimum atomic E-state index is -4.60. The van der Waals surface area contributed by atoms with E-state index in [0.717, 1.165) is 24.5 Å². The first kappa shape index (κ1) is 24.7. The summed E-state index contributed by atoms with van der Waals surface area (Å²) in [5.41, 5.74) is 0.932. The maximum atomic E-state index is 14.1. The quantitative estimate of drug-likeness (QED) is 0.488. The lowest BCUT2D eigenvalue weighted by molar-refractivity contribution is -0.138. The van der Waals surface area contributed by atoms with Gasteiger partial charge >= 0.3 is 6.18 Å². The van der Waals surface area contributed by atoms with Gasteiger partial charge in [-0.2, -0.15) is 13.2 Å². The van der Waals surface area contributed by atoms with Crippen LogP contribution in [-0.4, -0.2) is 29.8 Å². The predicted molar refractivity (Wildman–Crippen MR) is 122 cm³/mol. The molecule has 1 aliphatic carbocycles. The smallest absolute Gasteiger partial charge is 0.417 e. The average molecular weight is 462 g/mol. The number of pyridine rings is 1. The summed E-state index contributed by atoms with van der Waals surface area (Å²) in [5.74, 6) is -0.910. The number of aromatic nitrogens is 1. The molecule has 0 spiro atoms. The maximum absolute atomic E-state index is 14.1. The highest BCUT2D eigenvalue weighted by Crippen LogP contribution is 2.42. The van der Waals surface area contributed by atoms with Crippen LogP contribution in [0.15, 0.2) is 41.4 Å². The number of amides is 1. The highest BCUT2D eigenvalue weighted by molar-refractivity contribution is 6.06. The van der Waals surface area contributed by atoms with Crippen molar-refractivity contribution in [2.75, 3.05) is 13.2 Å². The Bertz CT molecular complexity index is 1000. The molecule has 1 amide bonds. The molecule has 0 saturated heterocycles. The van der Waals surface area contributed by atoms with Crippen molar-refractivity contribution in [1.82, 2.24) is 10.3 Å². The SMILES string of the molecule is CCN=C(c1c(C(F)(F)F)cc(OCC(=O)NC(C)c2ccccc2)nc1C(C)C)C1CC1. The third-order valence-electron chi connectivity index (χ3n) is 5.45. The first-order chi connectivity index (χ1) is 15.6. The Hall–Kier alpha value is -2.90. The van der Waals surface area contributed by atoms with E-state index in [4.69, 9.17) is 4.74 Å². The number of nitrogens with zero attached hydrogens (tertiary/aromatic N) is 2. The number of hydrogen-bond acceptors (Lipinski definition) is 4. The van der Waals surface area contributed by atoms with Crippen LogP contribution in [0.2, 0.25) is 0 Å². The number of alkyl halides is 3. The van der Waals surface area contributed by atoms with Gasteiger partial charge in [0.15, 0.2) is 6.61 Å². The van der Waals surface area contributed by atoms with Crippen molar-refractivity contribution in [2.45, 2.75) is 58.7 Å². The lowest BCUT2D eigenvalue weighted by atomic mass is 9.92. The Labute approximate surface area is 192 Å². The Balaban J connectivity index is 1.86. The standard InChI is InChI=1S/C25H30F3N3O2/c1-5-29-24(18-11-12-18)22-19(25(26,27)28)13-21(31-23(22)15(2)3)33-14-20(32)30-16(4)17-9-7-6-8-10-17/h6-10,13,15-16,18H,5,11-12,14H2,1-4H3,(H,30,32). The third-order valence-corrected chi connectivity index (χ3v) is 5.45. The molecule has 33 heavy (non-hydrogen) atoms. The molecule has 1 heterocycles. The zero-order valence-electron chi connectivity index (χ0n) is 19.4. The molecule has 1 atom stereocenters. The van der Waals surface area contributed by atoms with Gasteiger partial charge in [0.05, 0.1) is 17.3 Å². The molecule has 0 aliphatic heterocycles.